The minimum Gasteiger partial charge on any atom is -0.482 e. The number of amides is 1. The molecule has 1 amide bonds. The van der Waals surface area contributed by atoms with Crippen LogP contribution in [-0.4, -0.2) is 36.9 Å². The van der Waals surface area contributed by atoms with Crippen LogP contribution in [0.5, 0.6) is 5.75 Å². The van der Waals surface area contributed by atoms with Crippen LogP contribution in [0.2, 0.25) is 0 Å². The van der Waals surface area contributed by atoms with Gasteiger partial charge in [0.15, 0.2) is 19.0 Å². The third-order valence-corrected chi connectivity index (χ3v) is 4.68. The van der Waals surface area contributed by atoms with E-state index in [0.29, 0.717) is 23.7 Å². The standard InChI is InChI=1S/C20H27NO5/c1-3-18(22)15-8-10-16(11-9-15)25-13-20(24)26-12-19(23)21-17-7-5-4-6-14(17)2/h8-11,14,17H,3-7,12-13H2,1-2H3,(H,21,23)/t14-,17+/m0/s1. The molecule has 1 N–H and O–H groups in total. The van der Waals surface area contributed by atoms with Gasteiger partial charge in [-0.3, -0.25) is 9.59 Å². The molecule has 6 nitrogen and oxygen atoms in total. The highest BCUT2D eigenvalue weighted by molar-refractivity contribution is 5.95. The van der Waals surface area contributed by atoms with E-state index in [1.807, 2.05) is 0 Å². The molecular formula is C20H27NO5. The molecule has 1 aromatic carbocycles. The number of hydrogen-bond acceptors (Lipinski definition) is 5. The number of nitrogens with one attached hydrogen (secondary N) is 1. The molecule has 1 aliphatic carbocycles. The highest BCUT2D eigenvalue weighted by Gasteiger charge is 2.23. The summed E-state index contributed by atoms with van der Waals surface area (Å²) in [7, 11) is 0. The highest BCUT2D eigenvalue weighted by atomic mass is 16.6. The number of benzene rings is 1. The molecule has 26 heavy (non-hydrogen) atoms. The van der Waals surface area contributed by atoms with E-state index in [1.165, 1.54) is 6.42 Å². The Bertz CT molecular complexity index is 626. The van der Waals surface area contributed by atoms with E-state index in [4.69, 9.17) is 9.47 Å². The molecule has 1 aromatic rings. The third-order valence-electron chi connectivity index (χ3n) is 4.68. The lowest BCUT2D eigenvalue weighted by atomic mass is 9.86. The second-order valence-electron chi connectivity index (χ2n) is 6.69. The van der Waals surface area contributed by atoms with Gasteiger partial charge in [0.1, 0.15) is 5.75 Å². The van der Waals surface area contributed by atoms with Crippen LogP contribution >= 0.6 is 0 Å². The van der Waals surface area contributed by atoms with E-state index >= 15 is 0 Å². The highest BCUT2D eigenvalue weighted by Crippen LogP contribution is 2.23. The molecular weight excluding hydrogens is 334 g/mol. The molecule has 0 heterocycles. The van der Waals surface area contributed by atoms with Crippen LogP contribution in [0.25, 0.3) is 0 Å². The van der Waals surface area contributed by atoms with Crippen LogP contribution in [0.15, 0.2) is 24.3 Å². The first-order chi connectivity index (χ1) is 12.5. The molecule has 0 aromatic heterocycles. The van der Waals surface area contributed by atoms with Gasteiger partial charge in [-0.05, 0) is 43.0 Å². The lowest BCUT2D eigenvalue weighted by Gasteiger charge is -2.29. The maximum absolute atomic E-state index is 11.9. The summed E-state index contributed by atoms with van der Waals surface area (Å²) in [6.07, 6.45) is 4.84. The average molecular weight is 361 g/mol. The van der Waals surface area contributed by atoms with Crippen LogP contribution in [0.1, 0.15) is 56.3 Å². The zero-order valence-electron chi connectivity index (χ0n) is 15.5. The molecule has 0 spiro atoms. The number of esters is 1. The summed E-state index contributed by atoms with van der Waals surface area (Å²) in [5, 5.41) is 2.93. The summed E-state index contributed by atoms with van der Waals surface area (Å²) in [5.41, 5.74) is 0.607. The van der Waals surface area contributed by atoms with Gasteiger partial charge in [0.05, 0.1) is 0 Å². The van der Waals surface area contributed by atoms with Crippen LogP contribution in [0, 0.1) is 5.92 Å². The summed E-state index contributed by atoms with van der Waals surface area (Å²) in [5.74, 6) is 0.0868. The molecule has 1 fully saturated rings. The fourth-order valence-electron chi connectivity index (χ4n) is 3.05. The Morgan fingerprint density at radius 3 is 2.42 bits per heavy atom. The van der Waals surface area contributed by atoms with Crippen molar-refractivity contribution in [3.8, 4) is 5.75 Å². The minimum absolute atomic E-state index is 0.0502. The van der Waals surface area contributed by atoms with E-state index in [-0.39, 0.29) is 30.9 Å². The fourth-order valence-corrected chi connectivity index (χ4v) is 3.05. The van der Waals surface area contributed by atoms with E-state index in [2.05, 4.69) is 12.2 Å². The summed E-state index contributed by atoms with van der Waals surface area (Å²) in [6, 6.07) is 6.74. The molecule has 0 unspecified atom stereocenters. The van der Waals surface area contributed by atoms with Gasteiger partial charge >= 0.3 is 5.97 Å². The largest absolute Gasteiger partial charge is 0.482 e. The van der Waals surface area contributed by atoms with Crippen LogP contribution in [-0.2, 0) is 14.3 Å². The Morgan fingerprint density at radius 1 is 1.08 bits per heavy atom. The van der Waals surface area contributed by atoms with Crippen molar-refractivity contribution in [2.75, 3.05) is 13.2 Å². The zero-order valence-corrected chi connectivity index (χ0v) is 15.5. The first-order valence-corrected chi connectivity index (χ1v) is 9.20. The predicted molar refractivity (Wildman–Crippen MR) is 97.1 cm³/mol. The van der Waals surface area contributed by atoms with E-state index in [0.717, 1.165) is 19.3 Å². The zero-order chi connectivity index (χ0) is 18.9. The maximum Gasteiger partial charge on any atom is 0.344 e. The molecule has 0 radical (unpaired) electrons. The second kappa shape index (κ2) is 9.94. The van der Waals surface area contributed by atoms with Gasteiger partial charge in [-0.15, -0.1) is 0 Å². The molecule has 2 atom stereocenters. The molecule has 142 valence electrons. The molecule has 1 saturated carbocycles. The van der Waals surface area contributed by atoms with Crippen LogP contribution in [0.4, 0.5) is 0 Å². The second-order valence-corrected chi connectivity index (χ2v) is 6.69. The number of carbonyl (C=O) groups is 3. The topological polar surface area (TPSA) is 81.7 Å². The summed E-state index contributed by atoms with van der Waals surface area (Å²) in [4.78, 5) is 35.2. The number of ether oxygens (including phenoxy) is 2. The number of rotatable bonds is 8. The monoisotopic (exact) mass is 361 g/mol. The molecule has 0 aliphatic heterocycles. The van der Waals surface area contributed by atoms with E-state index in [9.17, 15) is 14.4 Å². The van der Waals surface area contributed by atoms with Gasteiger partial charge in [-0.2, -0.15) is 0 Å². The average Bonchev–Trinajstić information content (AvgIpc) is 2.66. The van der Waals surface area contributed by atoms with Gasteiger partial charge in [-0.25, -0.2) is 4.79 Å². The van der Waals surface area contributed by atoms with Gasteiger partial charge in [0.25, 0.3) is 5.91 Å². The molecule has 0 bridgehead atoms. The summed E-state index contributed by atoms with van der Waals surface area (Å²) < 4.78 is 10.3. The number of carbonyl (C=O) groups excluding carboxylic acids is 3. The van der Waals surface area contributed by atoms with Crippen LogP contribution < -0.4 is 10.1 Å². The lowest BCUT2D eigenvalue weighted by Crippen LogP contribution is -2.43. The SMILES string of the molecule is CCC(=O)c1ccc(OCC(=O)OCC(=O)N[C@@H]2CCCC[C@@H]2C)cc1. The fraction of sp³-hybridized carbons (Fsp3) is 0.550. The van der Waals surface area contributed by atoms with Crippen molar-refractivity contribution < 1.29 is 23.9 Å². The number of hydrogen-bond donors (Lipinski definition) is 1. The number of ketones is 1. The summed E-state index contributed by atoms with van der Waals surface area (Å²) >= 11 is 0. The Labute approximate surface area is 154 Å². The van der Waals surface area contributed by atoms with E-state index < -0.39 is 5.97 Å². The van der Waals surface area contributed by atoms with Gasteiger partial charge < -0.3 is 14.8 Å². The Hall–Kier alpha value is -2.37. The normalized spacial score (nSPS) is 19.5. The predicted octanol–water partition coefficient (Wildman–Crippen LogP) is 2.90. The van der Waals surface area contributed by atoms with E-state index in [1.54, 1.807) is 31.2 Å². The van der Waals surface area contributed by atoms with Gasteiger partial charge in [0, 0.05) is 18.0 Å². The molecule has 2 rings (SSSR count). The first-order valence-electron chi connectivity index (χ1n) is 9.20. The quantitative estimate of drug-likeness (QED) is 0.569. The van der Waals surface area contributed by atoms with Crippen molar-refractivity contribution in [2.45, 2.75) is 52.0 Å². The lowest BCUT2D eigenvalue weighted by molar-refractivity contribution is -0.150. The molecule has 0 saturated heterocycles. The third kappa shape index (κ3) is 6.17. The van der Waals surface area contributed by atoms with Crippen molar-refractivity contribution >= 4 is 17.7 Å². The smallest absolute Gasteiger partial charge is 0.344 e. The van der Waals surface area contributed by atoms with Gasteiger partial charge in [0.2, 0.25) is 0 Å². The maximum atomic E-state index is 11.9. The Balaban J connectivity index is 1.68. The van der Waals surface area contributed by atoms with Crippen molar-refractivity contribution in [1.82, 2.24) is 5.32 Å². The van der Waals surface area contributed by atoms with Gasteiger partial charge in [-0.1, -0.05) is 26.7 Å². The number of Topliss-reactive ketones (excluding diaryl/α,β-unsaturated/α-hetero) is 1. The van der Waals surface area contributed by atoms with Crippen molar-refractivity contribution in [1.29, 1.82) is 0 Å². The van der Waals surface area contributed by atoms with Crippen molar-refractivity contribution in [2.24, 2.45) is 5.92 Å². The van der Waals surface area contributed by atoms with Crippen molar-refractivity contribution in [3.63, 3.8) is 0 Å². The molecule has 1 aliphatic rings. The molecule has 6 heteroatoms. The first kappa shape index (κ1) is 19.9. The van der Waals surface area contributed by atoms with Crippen molar-refractivity contribution in [3.05, 3.63) is 29.8 Å². The minimum atomic E-state index is -0.606. The Morgan fingerprint density at radius 2 is 1.77 bits per heavy atom. The Kier molecular flexibility index (Phi) is 7.63. The summed E-state index contributed by atoms with van der Waals surface area (Å²) in [6.45, 7) is 3.35. The van der Waals surface area contributed by atoms with Crippen LogP contribution in [0.3, 0.4) is 0 Å².